The molecule has 0 saturated heterocycles. The minimum absolute atomic E-state index is 0.127. The Morgan fingerprint density at radius 2 is 1.86 bits per heavy atom. The van der Waals surface area contributed by atoms with Gasteiger partial charge in [0.15, 0.2) is 0 Å². The zero-order chi connectivity index (χ0) is 15.6. The van der Waals surface area contributed by atoms with Crippen molar-refractivity contribution in [3.8, 4) is 11.4 Å². The van der Waals surface area contributed by atoms with E-state index in [-0.39, 0.29) is 5.82 Å². The van der Waals surface area contributed by atoms with Gasteiger partial charge in [0.1, 0.15) is 0 Å². The van der Waals surface area contributed by atoms with E-state index in [9.17, 15) is 13.2 Å². The number of aromatic nitrogens is 2. The van der Waals surface area contributed by atoms with E-state index in [1.807, 2.05) is 30.3 Å². The number of halogens is 3. The van der Waals surface area contributed by atoms with Crippen LogP contribution in [0, 0.1) is 6.07 Å². The van der Waals surface area contributed by atoms with E-state index in [1.165, 1.54) is 0 Å². The summed E-state index contributed by atoms with van der Waals surface area (Å²) >= 11 is 0. The molecule has 0 bridgehead atoms. The van der Waals surface area contributed by atoms with Gasteiger partial charge in [0.05, 0.1) is 0 Å². The van der Waals surface area contributed by atoms with Gasteiger partial charge < -0.3 is 9.84 Å². The van der Waals surface area contributed by atoms with Gasteiger partial charge >= 0.3 is 12.1 Å². The van der Waals surface area contributed by atoms with Crippen LogP contribution in [-0.4, -0.2) is 10.1 Å². The molecule has 0 saturated carbocycles. The molecule has 0 amide bonds. The number of benzene rings is 2. The fourth-order valence-electron chi connectivity index (χ4n) is 1.81. The lowest BCUT2D eigenvalue weighted by atomic mass is 10.2. The first-order chi connectivity index (χ1) is 10.5. The standard InChI is InChI=1S/C15H9F3N3O/c16-15(17,18)14-20-13(21-22-14)10-5-4-8-12(9-10)19-11-6-2-1-3-7-11/h1-7,9,19H. The van der Waals surface area contributed by atoms with Crippen molar-refractivity contribution in [1.82, 2.24) is 10.1 Å². The molecule has 1 N–H and O–H groups in total. The second-order valence-electron chi connectivity index (χ2n) is 4.40. The SMILES string of the molecule is FC(F)(F)c1nc(-c2cc[c]c(Nc3ccccc3)c2)no1. The highest BCUT2D eigenvalue weighted by atomic mass is 19.4. The van der Waals surface area contributed by atoms with Crippen LogP contribution in [-0.2, 0) is 6.18 Å². The van der Waals surface area contributed by atoms with Crippen LogP contribution < -0.4 is 5.32 Å². The zero-order valence-corrected chi connectivity index (χ0v) is 11.1. The lowest BCUT2D eigenvalue weighted by Gasteiger charge is -2.06. The molecule has 2 aromatic carbocycles. The van der Waals surface area contributed by atoms with Gasteiger partial charge in [-0.2, -0.15) is 18.2 Å². The van der Waals surface area contributed by atoms with Gasteiger partial charge in [0, 0.05) is 23.0 Å². The van der Waals surface area contributed by atoms with Crippen LogP contribution in [0.15, 0.2) is 53.1 Å². The third-order valence-corrected chi connectivity index (χ3v) is 2.78. The van der Waals surface area contributed by atoms with Gasteiger partial charge in [-0.05, 0) is 18.2 Å². The highest BCUT2D eigenvalue weighted by Gasteiger charge is 2.38. The largest absolute Gasteiger partial charge is 0.471 e. The Morgan fingerprint density at radius 3 is 2.55 bits per heavy atom. The summed E-state index contributed by atoms with van der Waals surface area (Å²) in [4.78, 5) is 3.36. The van der Waals surface area contributed by atoms with Crippen molar-refractivity contribution in [3.05, 3.63) is 60.5 Å². The van der Waals surface area contributed by atoms with E-state index < -0.39 is 12.1 Å². The topological polar surface area (TPSA) is 51.0 Å². The maximum absolute atomic E-state index is 12.5. The molecule has 1 radical (unpaired) electrons. The summed E-state index contributed by atoms with van der Waals surface area (Å²) < 4.78 is 41.6. The van der Waals surface area contributed by atoms with Gasteiger partial charge in [0.2, 0.25) is 5.82 Å². The quantitative estimate of drug-likeness (QED) is 0.784. The molecule has 7 heteroatoms. The average Bonchev–Trinajstić information content (AvgIpc) is 2.99. The molecular formula is C15H9F3N3O. The number of rotatable bonds is 3. The molecule has 0 aliphatic rings. The van der Waals surface area contributed by atoms with Crippen LogP contribution in [0.5, 0.6) is 0 Å². The normalized spacial score (nSPS) is 11.4. The Labute approximate surface area is 123 Å². The van der Waals surface area contributed by atoms with E-state index in [4.69, 9.17) is 0 Å². The number of para-hydroxylation sites is 1. The molecular weight excluding hydrogens is 295 g/mol. The van der Waals surface area contributed by atoms with Crippen molar-refractivity contribution in [2.24, 2.45) is 0 Å². The number of hydrogen-bond donors (Lipinski definition) is 1. The summed E-state index contributed by atoms with van der Waals surface area (Å²) in [7, 11) is 0. The zero-order valence-electron chi connectivity index (χ0n) is 11.1. The van der Waals surface area contributed by atoms with Gasteiger partial charge in [-0.3, -0.25) is 0 Å². The summed E-state index contributed by atoms with van der Waals surface area (Å²) in [5, 5.41) is 6.44. The van der Waals surface area contributed by atoms with Crippen molar-refractivity contribution < 1.29 is 17.7 Å². The molecule has 3 aromatic rings. The van der Waals surface area contributed by atoms with Crippen LogP contribution in [0.2, 0.25) is 0 Å². The molecule has 22 heavy (non-hydrogen) atoms. The van der Waals surface area contributed by atoms with Gasteiger partial charge in [-0.1, -0.05) is 35.5 Å². The Hall–Kier alpha value is -2.83. The Kier molecular flexibility index (Phi) is 3.54. The van der Waals surface area contributed by atoms with E-state index in [2.05, 4.69) is 26.0 Å². The molecule has 3 rings (SSSR count). The van der Waals surface area contributed by atoms with Gasteiger partial charge in [0.25, 0.3) is 0 Å². The lowest BCUT2D eigenvalue weighted by molar-refractivity contribution is -0.159. The maximum Gasteiger partial charge on any atom is 0.471 e. The first-order valence-electron chi connectivity index (χ1n) is 6.27. The van der Waals surface area contributed by atoms with Crippen LogP contribution >= 0.6 is 0 Å². The number of nitrogens with zero attached hydrogens (tertiary/aromatic N) is 2. The molecule has 0 aliphatic carbocycles. The van der Waals surface area contributed by atoms with E-state index >= 15 is 0 Å². The first kappa shape index (κ1) is 14.1. The third kappa shape index (κ3) is 3.08. The van der Waals surface area contributed by atoms with Crippen LogP contribution in [0.4, 0.5) is 24.5 Å². The molecule has 1 aromatic heterocycles. The van der Waals surface area contributed by atoms with Crippen molar-refractivity contribution in [3.63, 3.8) is 0 Å². The number of nitrogens with one attached hydrogen (secondary N) is 1. The van der Waals surface area contributed by atoms with Crippen molar-refractivity contribution in [2.45, 2.75) is 6.18 Å². The van der Waals surface area contributed by atoms with Crippen LogP contribution in [0.1, 0.15) is 5.89 Å². The van der Waals surface area contributed by atoms with E-state index in [0.717, 1.165) is 5.69 Å². The smallest absolute Gasteiger partial charge is 0.355 e. The summed E-state index contributed by atoms with van der Waals surface area (Å²) in [6.07, 6.45) is -4.66. The lowest BCUT2D eigenvalue weighted by Crippen LogP contribution is -2.04. The predicted octanol–water partition coefficient (Wildman–Crippen LogP) is 4.30. The van der Waals surface area contributed by atoms with Crippen LogP contribution in [0.3, 0.4) is 0 Å². The van der Waals surface area contributed by atoms with E-state index in [0.29, 0.717) is 11.3 Å². The van der Waals surface area contributed by atoms with Crippen molar-refractivity contribution in [2.75, 3.05) is 5.32 Å². The molecule has 4 nitrogen and oxygen atoms in total. The summed E-state index contributed by atoms with van der Waals surface area (Å²) in [5.41, 5.74) is 1.82. The molecule has 0 aliphatic heterocycles. The van der Waals surface area contributed by atoms with Crippen molar-refractivity contribution >= 4 is 11.4 Å². The van der Waals surface area contributed by atoms with Gasteiger partial charge in [-0.25, -0.2) is 0 Å². The molecule has 0 unspecified atom stereocenters. The van der Waals surface area contributed by atoms with Gasteiger partial charge in [-0.15, -0.1) is 0 Å². The molecule has 1 heterocycles. The Morgan fingerprint density at radius 1 is 1.09 bits per heavy atom. The second kappa shape index (κ2) is 5.51. The molecule has 0 spiro atoms. The minimum atomic E-state index is -4.66. The molecule has 0 atom stereocenters. The van der Waals surface area contributed by atoms with E-state index in [1.54, 1.807) is 18.2 Å². The minimum Gasteiger partial charge on any atom is -0.355 e. The summed E-state index contributed by atoms with van der Waals surface area (Å²) in [6.45, 7) is 0. The van der Waals surface area contributed by atoms with Crippen LogP contribution in [0.25, 0.3) is 11.4 Å². The highest BCUT2D eigenvalue weighted by Crippen LogP contribution is 2.30. The molecule has 111 valence electrons. The fraction of sp³-hybridized carbons (Fsp3) is 0.0667. The summed E-state index contributed by atoms with van der Waals surface area (Å²) in [6, 6.07) is 17.0. The summed E-state index contributed by atoms with van der Waals surface area (Å²) in [5.74, 6) is -1.50. The predicted molar refractivity (Wildman–Crippen MR) is 73.3 cm³/mol. The fourth-order valence-corrected chi connectivity index (χ4v) is 1.81. The third-order valence-electron chi connectivity index (χ3n) is 2.78. The Balaban J connectivity index is 1.86. The monoisotopic (exact) mass is 304 g/mol. The van der Waals surface area contributed by atoms with Crippen molar-refractivity contribution in [1.29, 1.82) is 0 Å². The molecule has 0 fully saturated rings. The second-order valence-corrected chi connectivity index (χ2v) is 4.40. The first-order valence-corrected chi connectivity index (χ1v) is 6.27. The maximum atomic E-state index is 12.5. The average molecular weight is 304 g/mol. The Bertz CT molecular complexity index is 769. The number of hydrogen-bond acceptors (Lipinski definition) is 4. The number of anilines is 2. The number of alkyl halides is 3. The highest BCUT2D eigenvalue weighted by molar-refractivity contribution is 5.66.